The molecule has 0 aliphatic carbocycles. The summed E-state index contributed by atoms with van der Waals surface area (Å²) in [7, 11) is 3.85. The molecule has 1 nitrogen and oxygen atoms in total. The minimum atomic E-state index is -1.51. The Balaban J connectivity index is 3.27. The highest BCUT2D eigenvalue weighted by molar-refractivity contribution is 9.10. The van der Waals surface area contributed by atoms with Crippen molar-refractivity contribution in [2.24, 2.45) is 0 Å². The van der Waals surface area contributed by atoms with Gasteiger partial charge in [-0.2, -0.15) is 0 Å². The molecule has 1 aromatic rings. The van der Waals surface area contributed by atoms with Crippen LogP contribution in [0.3, 0.4) is 0 Å². The molecule has 0 bridgehead atoms. The maximum atomic E-state index is 10.8. The van der Waals surface area contributed by atoms with Crippen molar-refractivity contribution in [3.05, 3.63) is 27.7 Å². The van der Waals surface area contributed by atoms with E-state index in [9.17, 15) is 4.21 Å². The highest BCUT2D eigenvalue weighted by atomic mass is 79.9. The lowest BCUT2D eigenvalue weighted by Gasteiger charge is -1.99. The molecule has 0 aromatic heterocycles. The van der Waals surface area contributed by atoms with Gasteiger partial charge in [-0.1, -0.05) is 17.7 Å². The summed E-state index contributed by atoms with van der Waals surface area (Å²) in [6.07, 6.45) is 0. The van der Waals surface area contributed by atoms with Crippen LogP contribution in [-0.2, 0) is 10.0 Å². The first kappa shape index (κ1) is 9.52. The third kappa shape index (κ3) is 2.18. The van der Waals surface area contributed by atoms with Gasteiger partial charge in [0, 0.05) is 0 Å². The standard InChI is InChI=1S/C6H3BrCl2OS/c7-6-4(8)2-1-3-5(6)11(9)10/h1-3H. The van der Waals surface area contributed by atoms with E-state index in [1.807, 2.05) is 0 Å². The molecule has 1 atom stereocenters. The highest BCUT2D eigenvalue weighted by Crippen LogP contribution is 2.29. The van der Waals surface area contributed by atoms with Crippen molar-refractivity contribution in [2.75, 3.05) is 0 Å². The van der Waals surface area contributed by atoms with Crippen molar-refractivity contribution in [3.63, 3.8) is 0 Å². The summed E-state index contributed by atoms with van der Waals surface area (Å²) in [6, 6.07) is 5.04. The minimum Gasteiger partial charge on any atom is -0.237 e. The normalized spacial score (nSPS) is 13.0. The van der Waals surface area contributed by atoms with Crippen molar-refractivity contribution in [3.8, 4) is 0 Å². The van der Waals surface area contributed by atoms with E-state index in [-0.39, 0.29) is 0 Å². The van der Waals surface area contributed by atoms with Crippen LogP contribution in [-0.4, -0.2) is 4.21 Å². The number of benzene rings is 1. The van der Waals surface area contributed by atoms with Crippen molar-refractivity contribution in [1.29, 1.82) is 0 Å². The molecule has 5 heteroatoms. The Kier molecular flexibility index (Phi) is 3.37. The fourth-order valence-electron chi connectivity index (χ4n) is 0.608. The molecule has 11 heavy (non-hydrogen) atoms. The lowest BCUT2D eigenvalue weighted by atomic mass is 10.4. The summed E-state index contributed by atoms with van der Waals surface area (Å²) >= 11 is 8.89. The quantitative estimate of drug-likeness (QED) is 0.717. The minimum absolute atomic E-state index is 0.499. The molecule has 0 spiro atoms. The van der Waals surface area contributed by atoms with Crippen molar-refractivity contribution in [2.45, 2.75) is 4.90 Å². The second-order valence-corrected chi connectivity index (χ2v) is 4.70. The van der Waals surface area contributed by atoms with Crippen LogP contribution < -0.4 is 0 Å². The predicted molar refractivity (Wildman–Crippen MR) is 51.4 cm³/mol. The van der Waals surface area contributed by atoms with E-state index in [4.69, 9.17) is 22.3 Å². The summed E-state index contributed by atoms with van der Waals surface area (Å²) in [4.78, 5) is 0.499. The average Bonchev–Trinajstić information content (AvgIpc) is 1.94. The molecule has 60 valence electrons. The van der Waals surface area contributed by atoms with E-state index in [2.05, 4.69) is 15.9 Å². The summed E-state index contributed by atoms with van der Waals surface area (Å²) in [5, 5.41) is 0.511. The van der Waals surface area contributed by atoms with Gasteiger partial charge in [0.1, 0.15) is 10.0 Å². The van der Waals surface area contributed by atoms with Crippen LogP contribution in [0.1, 0.15) is 0 Å². The first-order chi connectivity index (χ1) is 5.13. The summed E-state index contributed by atoms with van der Waals surface area (Å²) in [5.41, 5.74) is 0. The monoisotopic (exact) mass is 272 g/mol. The van der Waals surface area contributed by atoms with E-state index >= 15 is 0 Å². The van der Waals surface area contributed by atoms with Crippen LogP contribution in [0.2, 0.25) is 5.02 Å². The van der Waals surface area contributed by atoms with Crippen molar-refractivity contribution >= 4 is 48.2 Å². The van der Waals surface area contributed by atoms with Gasteiger partial charge in [-0.3, -0.25) is 0 Å². The lowest BCUT2D eigenvalue weighted by molar-refractivity contribution is 0.691. The number of rotatable bonds is 1. The van der Waals surface area contributed by atoms with Gasteiger partial charge in [0.05, 0.1) is 14.4 Å². The van der Waals surface area contributed by atoms with Crippen LogP contribution in [0.4, 0.5) is 0 Å². The molecule has 1 rings (SSSR count). The Morgan fingerprint density at radius 2 is 2.09 bits per heavy atom. The van der Waals surface area contributed by atoms with E-state index in [1.165, 1.54) is 0 Å². The zero-order valence-electron chi connectivity index (χ0n) is 5.18. The van der Waals surface area contributed by atoms with Gasteiger partial charge < -0.3 is 0 Å². The summed E-state index contributed by atoms with van der Waals surface area (Å²) in [6.45, 7) is 0. The molecular weight excluding hydrogens is 271 g/mol. The van der Waals surface area contributed by atoms with Crippen LogP contribution >= 0.6 is 38.2 Å². The molecular formula is C6H3BrCl2OS. The van der Waals surface area contributed by atoms with Gasteiger partial charge in [0.15, 0.2) is 0 Å². The molecule has 0 aliphatic heterocycles. The maximum absolute atomic E-state index is 10.8. The van der Waals surface area contributed by atoms with Crippen LogP contribution in [0.15, 0.2) is 27.6 Å². The van der Waals surface area contributed by atoms with Gasteiger partial charge in [0.25, 0.3) is 0 Å². The average molecular weight is 274 g/mol. The smallest absolute Gasteiger partial charge is 0.148 e. The number of halogens is 3. The molecule has 1 aromatic carbocycles. The van der Waals surface area contributed by atoms with E-state index in [0.717, 1.165) is 0 Å². The molecule has 0 N–H and O–H groups in total. The predicted octanol–water partition coefficient (Wildman–Crippen LogP) is 3.36. The molecule has 0 fully saturated rings. The molecule has 0 radical (unpaired) electrons. The summed E-state index contributed by atoms with van der Waals surface area (Å²) in [5.74, 6) is 0. The van der Waals surface area contributed by atoms with Gasteiger partial charge >= 0.3 is 0 Å². The molecule has 1 unspecified atom stereocenters. The Morgan fingerprint density at radius 1 is 1.45 bits per heavy atom. The van der Waals surface area contributed by atoms with Gasteiger partial charge in [-0.15, -0.1) is 0 Å². The van der Waals surface area contributed by atoms with E-state index in [0.29, 0.717) is 14.4 Å². The first-order valence-corrected chi connectivity index (χ1v) is 5.79. The number of hydrogen-bond donors (Lipinski definition) is 0. The first-order valence-electron chi connectivity index (χ1n) is 2.65. The van der Waals surface area contributed by atoms with Crippen molar-refractivity contribution < 1.29 is 4.21 Å². The molecule has 0 amide bonds. The third-order valence-corrected chi connectivity index (χ3v) is 3.93. The second-order valence-electron chi connectivity index (χ2n) is 1.78. The highest BCUT2D eigenvalue weighted by Gasteiger charge is 2.07. The van der Waals surface area contributed by atoms with Gasteiger partial charge in [-0.05, 0) is 38.7 Å². The van der Waals surface area contributed by atoms with Crippen LogP contribution in [0.5, 0.6) is 0 Å². The largest absolute Gasteiger partial charge is 0.237 e. The second kappa shape index (κ2) is 3.90. The Bertz CT molecular complexity index is 303. The van der Waals surface area contributed by atoms with Crippen LogP contribution in [0, 0.1) is 0 Å². The van der Waals surface area contributed by atoms with E-state index < -0.39 is 10.0 Å². The van der Waals surface area contributed by atoms with Gasteiger partial charge in [-0.25, -0.2) is 4.21 Å². The molecule has 0 heterocycles. The SMILES string of the molecule is O=S(Cl)c1cccc(Cl)c1Br. The lowest BCUT2D eigenvalue weighted by Crippen LogP contribution is -1.83. The van der Waals surface area contributed by atoms with Gasteiger partial charge in [0.2, 0.25) is 0 Å². The van der Waals surface area contributed by atoms with Crippen LogP contribution in [0.25, 0.3) is 0 Å². The molecule has 0 aliphatic rings. The maximum Gasteiger partial charge on any atom is 0.148 e. The Morgan fingerprint density at radius 3 is 2.55 bits per heavy atom. The summed E-state index contributed by atoms with van der Waals surface area (Å²) < 4.78 is 11.4. The zero-order valence-corrected chi connectivity index (χ0v) is 9.10. The fourth-order valence-corrected chi connectivity index (χ4v) is 2.65. The zero-order chi connectivity index (χ0) is 8.43. The number of hydrogen-bond acceptors (Lipinski definition) is 1. The molecule has 0 saturated carbocycles. The Labute approximate surface area is 84.8 Å². The van der Waals surface area contributed by atoms with E-state index in [1.54, 1.807) is 18.2 Å². The van der Waals surface area contributed by atoms with Crippen molar-refractivity contribution in [1.82, 2.24) is 0 Å². The topological polar surface area (TPSA) is 17.1 Å². The Hall–Kier alpha value is 0.430. The molecule has 0 saturated heterocycles. The third-order valence-electron chi connectivity index (χ3n) is 1.09. The fraction of sp³-hybridized carbons (Fsp3) is 0.